The third-order valence-corrected chi connectivity index (χ3v) is 3.67. The van der Waals surface area contributed by atoms with Crippen molar-refractivity contribution < 1.29 is 9.90 Å². The fraction of sp³-hybridized carbons (Fsp3) is 0.929. The first kappa shape index (κ1) is 13.5. The summed E-state index contributed by atoms with van der Waals surface area (Å²) < 4.78 is 0. The molecular weight excluding hydrogens is 200 g/mol. The third-order valence-electron chi connectivity index (χ3n) is 3.67. The summed E-state index contributed by atoms with van der Waals surface area (Å²) in [4.78, 5) is 10.6. The van der Waals surface area contributed by atoms with Crippen LogP contribution >= 0.6 is 0 Å². The Morgan fingerprint density at radius 2 is 1.62 bits per heavy atom. The lowest BCUT2D eigenvalue weighted by Gasteiger charge is -2.01. The molecule has 1 aliphatic rings. The molecule has 0 bridgehead atoms. The zero-order valence-electron chi connectivity index (χ0n) is 10.6. The molecule has 0 unspecified atom stereocenters. The molecule has 0 saturated heterocycles. The topological polar surface area (TPSA) is 37.3 Å². The van der Waals surface area contributed by atoms with Gasteiger partial charge in [-0.05, 0) is 18.8 Å². The minimum absolute atomic E-state index is 0.00422. The minimum atomic E-state index is -0.579. The first-order valence-corrected chi connectivity index (χ1v) is 6.98. The number of rotatable bonds is 10. The third kappa shape index (κ3) is 5.53. The van der Waals surface area contributed by atoms with Crippen molar-refractivity contribution in [2.24, 2.45) is 11.8 Å². The molecule has 0 radical (unpaired) electrons. The van der Waals surface area contributed by atoms with Gasteiger partial charge in [0.1, 0.15) is 0 Å². The summed E-state index contributed by atoms with van der Waals surface area (Å²) in [6.07, 6.45) is 12.8. The second kappa shape index (κ2) is 7.70. The maximum Gasteiger partial charge on any atom is 0.306 e. The molecule has 0 amide bonds. The van der Waals surface area contributed by atoms with Crippen molar-refractivity contribution in [3.8, 4) is 0 Å². The fourth-order valence-corrected chi connectivity index (χ4v) is 2.41. The van der Waals surface area contributed by atoms with Gasteiger partial charge in [0.2, 0.25) is 0 Å². The van der Waals surface area contributed by atoms with Crippen molar-refractivity contribution >= 4 is 5.97 Å². The molecule has 94 valence electrons. The van der Waals surface area contributed by atoms with E-state index in [0.29, 0.717) is 5.92 Å². The van der Waals surface area contributed by atoms with Crippen molar-refractivity contribution in [2.45, 2.75) is 71.1 Å². The second-order valence-electron chi connectivity index (χ2n) is 5.20. The van der Waals surface area contributed by atoms with E-state index in [1.54, 1.807) is 0 Å². The second-order valence-corrected chi connectivity index (χ2v) is 5.20. The lowest BCUT2D eigenvalue weighted by Crippen LogP contribution is -1.99. The number of hydrogen-bond acceptors (Lipinski definition) is 1. The van der Waals surface area contributed by atoms with Gasteiger partial charge in [-0.2, -0.15) is 0 Å². The fourth-order valence-electron chi connectivity index (χ4n) is 2.41. The van der Waals surface area contributed by atoms with E-state index in [0.717, 1.165) is 12.8 Å². The Balaban J connectivity index is 1.78. The van der Waals surface area contributed by atoms with Gasteiger partial charge in [0.15, 0.2) is 0 Å². The summed E-state index contributed by atoms with van der Waals surface area (Å²) in [5.41, 5.74) is 0. The van der Waals surface area contributed by atoms with Crippen LogP contribution in [0.3, 0.4) is 0 Å². The predicted octanol–water partition coefficient (Wildman–Crippen LogP) is 4.24. The summed E-state index contributed by atoms with van der Waals surface area (Å²) in [6, 6.07) is 0. The highest BCUT2D eigenvalue weighted by atomic mass is 16.4. The standard InChI is InChI=1S/C14H26O2/c1-2-3-4-5-6-7-8-9-10-12-11-13(12)14(15)16/h12-13H,2-11H2,1H3,(H,15,16)/t12-,13-/m1/s1. The van der Waals surface area contributed by atoms with Gasteiger partial charge in [0.25, 0.3) is 0 Å². The molecule has 0 aliphatic heterocycles. The Labute approximate surface area is 99.4 Å². The van der Waals surface area contributed by atoms with Crippen LogP contribution in [0.1, 0.15) is 71.1 Å². The van der Waals surface area contributed by atoms with E-state index in [-0.39, 0.29) is 5.92 Å². The van der Waals surface area contributed by atoms with Crippen LogP contribution in [0.4, 0.5) is 0 Å². The quantitative estimate of drug-likeness (QED) is 0.566. The average molecular weight is 226 g/mol. The number of carbonyl (C=O) groups is 1. The summed E-state index contributed by atoms with van der Waals surface area (Å²) in [5, 5.41) is 8.75. The Morgan fingerprint density at radius 3 is 2.12 bits per heavy atom. The number of hydrogen-bond donors (Lipinski definition) is 1. The molecule has 1 aliphatic carbocycles. The van der Waals surface area contributed by atoms with Gasteiger partial charge in [0, 0.05) is 0 Å². The van der Waals surface area contributed by atoms with Crippen molar-refractivity contribution in [3.05, 3.63) is 0 Å². The first-order valence-electron chi connectivity index (χ1n) is 6.98. The van der Waals surface area contributed by atoms with Crippen LogP contribution in [0, 0.1) is 11.8 Å². The van der Waals surface area contributed by atoms with Crippen molar-refractivity contribution in [1.29, 1.82) is 0 Å². The van der Waals surface area contributed by atoms with Gasteiger partial charge < -0.3 is 5.11 Å². The molecule has 1 rings (SSSR count). The van der Waals surface area contributed by atoms with E-state index >= 15 is 0 Å². The molecule has 2 nitrogen and oxygen atoms in total. The maximum atomic E-state index is 10.6. The molecule has 2 heteroatoms. The zero-order valence-corrected chi connectivity index (χ0v) is 10.6. The van der Waals surface area contributed by atoms with E-state index in [9.17, 15) is 4.79 Å². The SMILES string of the molecule is CCCCCCCCCC[C@@H]1C[C@H]1C(=O)O. The van der Waals surface area contributed by atoms with Gasteiger partial charge in [0.05, 0.1) is 5.92 Å². The largest absolute Gasteiger partial charge is 0.481 e. The lowest BCUT2D eigenvalue weighted by molar-refractivity contribution is -0.138. The zero-order chi connectivity index (χ0) is 11.8. The summed E-state index contributed by atoms with van der Waals surface area (Å²) in [7, 11) is 0. The normalized spacial score (nSPS) is 23.3. The Bertz CT molecular complexity index is 201. The number of unbranched alkanes of at least 4 members (excludes halogenated alkanes) is 7. The molecular formula is C14H26O2. The van der Waals surface area contributed by atoms with Crippen molar-refractivity contribution in [2.75, 3.05) is 0 Å². The van der Waals surface area contributed by atoms with E-state index in [1.165, 1.54) is 51.4 Å². The number of carboxylic acids is 1. The Hall–Kier alpha value is -0.530. The average Bonchev–Trinajstić information content (AvgIpc) is 3.01. The summed E-state index contributed by atoms with van der Waals surface area (Å²) >= 11 is 0. The predicted molar refractivity (Wildman–Crippen MR) is 66.5 cm³/mol. The minimum Gasteiger partial charge on any atom is -0.481 e. The highest BCUT2D eigenvalue weighted by Gasteiger charge is 2.42. The van der Waals surface area contributed by atoms with E-state index in [1.807, 2.05) is 0 Å². The van der Waals surface area contributed by atoms with Gasteiger partial charge in [-0.1, -0.05) is 58.3 Å². The highest BCUT2D eigenvalue weighted by molar-refractivity contribution is 5.73. The molecule has 16 heavy (non-hydrogen) atoms. The van der Waals surface area contributed by atoms with Crippen LogP contribution in [-0.2, 0) is 4.79 Å². The van der Waals surface area contributed by atoms with E-state index in [2.05, 4.69) is 6.92 Å². The van der Waals surface area contributed by atoms with Gasteiger partial charge in [-0.25, -0.2) is 0 Å². The first-order chi connectivity index (χ1) is 7.75. The van der Waals surface area contributed by atoms with Gasteiger partial charge in [-0.15, -0.1) is 0 Å². The molecule has 1 saturated carbocycles. The van der Waals surface area contributed by atoms with Crippen LogP contribution in [0.15, 0.2) is 0 Å². The number of carboxylic acid groups (broad SMARTS) is 1. The van der Waals surface area contributed by atoms with Crippen LogP contribution < -0.4 is 0 Å². The highest BCUT2D eigenvalue weighted by Crippen LogP contribution is 2.42. The lowest BCUT2D eigenvalue weighted by atomic mass is 10.1. The van der Waals surface area contributed by atoms with Crippen molar-refractivity contribution in [1.82, 2.24) is 0 Å². The smallest absolute Gasteiger partial charge is 0.306 e. The number of aliphatic carboxylic acids is 1. The monoisotopic (exact) mass is 226 g/mol. The van der Waals surface area contributed by atoms with Gasteiger partial charge >= 0.3 is 5.97 Å². The van der Waals surface area contributed by atoms with Crippen LogP contribution in [-0.4, -0.2) is 11.1 Å². The molecule has 0 aromatic carbocycles. The molecule has 0 aromatic rings. The summed E-state index contributed by atoms with van der Waals surface area (Å²) in [5.74, 6) is -0.0632. The molecule has 0 aromatic heterocycles. The van der Waals surface area contributed by atoms with E-state index < -0.39 is 5.97 Å². The Kier molecular flexibility index (Phi) is 6.51. The van der Waals surface area contributed by atoms with Crippen molar-refractivity contribution in [3.63, 3.8) is 0 Å². The Morgan fingerprint density at radius 1 is 1.06 bits per heavy atom. The molecule has 1 fully saturated rings. The van der Waals surface area contributed by atoms with Crippen LogP contribution in [0.25, 0.3) is 0 Å². The maximum absolute atomic E-state index is 10.6. The molecule has 1 N–H and O–H groups in total. The van der Waals surface area contributed by atoms with Crippen LogP contribution in [0.2, 0.25) is 0 Å². The molecule has 0 spiro atoms. The molecule has 2 atom stereocenters. The van der Waals surface area contributed by atoms with Gasteiger partial charge in [-0.3, -0.25) is 4.79 Å². The van der Waals surface area contributed by atoms with Crippen LogP contribution in [0.5, 0.6) is 0 Å². The summed E-state index contributed by atoms with van der Waals surface area (Å²) in [6.45, 7) is 2.24. The van der Waals surface area contributed by atoms with E-state index in [4.69, 9.17) is 5.11 Å². The molecule has 0 heterocycles.